The lowest BCUT2D eigenvalue weighted by Crippen LogP contribution is -2.34. The quantitative estimate of drug-likeness (QED) is 0.856. The van der Waals surface area contributed by atoms with E-state index in [0.717, 1.165) is 12.0 Å². The van der Waals surface area contributed by atoms with E-state index in [1.54, 1.807) is 4.90 Å². The Balaban J connectivity index is 1.76. The summed E-state index contributed by atoms with van der Waals surface area (Å²) >= 11 is 0. The minimum absolute atomic E-state index is 0.125. The van der Waals surface area contributed by atoms with Gasteiger partial charge in [0.2, 0.25) is 0 Å². The maximum absolute atomic E-state index is 11.9. The number of carboxylic acids is 1. The lowest BCUT2D eigenvalue weighted by Gasteiger charge is -2.17. The maximum atomic E-state index is 11.9. The van der Waals surface area contributed by atoms with Gasteiger partial charge in [-0.3, -0.25) is 4.79 Å². The van der Waals surface area contributed by atoms with Gasteiger partial charge in [0.1, 0.15) is 12.6 Å². The van der Waals surface area contributed by atoms with Gasteiger partial charge >= 0.3 is 12.1 Å². The number of nitrogens with two attached hydrogens (primary N) is 1. The zero-order valence-corrected chi connectivity index (χ0v) is 11.8. The van der Waals surface area contributed by atoms with Gasteiger partial charge in [0.05, 0.1) is 0 Å². The highest BCUT2D eigenvalue weighted by molar-refractivity contribution is 5.73. The van der Waals surface area contributed by atoms with E-state index in [4.69, 9.17) is 15.6 Å². The third-order valence-electron chi connectivity index (χ3n) is 3.65. The molecule has 1 saturated heterocycles. The van der Waals surface area contributed by atoms with Gasteiger partial charge in [0, 0.05) is 13.1 Å². The van der Waals surface area contributed by atoms with Gasteiger partial charge in [-0.25, -0.2) is 4.79 Å². The number of aliphatic carboxylic acids is 1. The molecule has 3 N–H and O–H groups in total. The molecule has 114 valence electrons. The molecule has 21 heavy (non-hydrogen) atoms. The van der Waals surface area contributed by atoms with Crippen molar-refractivity contribution < 1.29 is 19.4 Å². The Morgan fingerprint density at radius 1 is 1.38 bits per heavy atom. The largest absolute Gasteiger partial charge is 0.480 e. The van der Waals surface area contributed by atoms with Crippen molar-refractivity contribution in [1.82, 2.24) is 4.90 Å². The molecule has 0 unspecified atom stereocenters. The Labute approximate surface area is 123 Å². The highest BCUT2D eigenvalue weighted by atomic mass is 16.6. The molecule has 1 heterocycles. The Hall–Kier alpha value is -2.08. The lowest BCUT2D eigenvalue weighted by molar-refractivity contribution is -0.138. The number of amides is 1. The van der Waals surface area contributed by atoms with Crippen molar-refractivity contribution in [1.29, 1.82) is 0 Å². The summed E-state index contributed by atoms with van der Waals surface area (Å²) in [5.74, 6) is -0.875. The van der Waals surface area contributed by atoms with Crippen molar-refractivity contribution in [2.75, 3.05) is 13.1 Å². The predicted molar refractivity (Wildman–Crippen MR) is 76.5 cm³/mol. The van der Waals surface area contributed by atoms with E-state index >= 15 is 0 Å². The van der Waals surface area contributed by atoms with Crippen LogP contribution in [0.3, 0.4) is 0 Å². The molecule has 1 aliphatic rings. The number of likely N-dealkylation sites (tertiary alicyclic amines) is 1. The van der Waals surface area contributed by atoms with Crippen LogP contribution >= 0.6 is 0 Å². The molecule has 1 aromatic rings. The summed E-state index contributed by atoms with van der Waals surface area (Å²) in [6, 6.07) is 8.61. The predicted octanol–water partition coefficient (Wildman–Crippen LogP) is 1.45. The topological polar surface area (TPSA) is 92.9 Å². The van der Waals surface area contributed by atoms with E-state index in [-0.39, 0.29) is 18.6 Å². The molecule has 1 fully saturated rings. The van der Waals surface area contributed by atoms with Gasteiger partial charge < -0.3 is 20.5 Å². The van der Waals surface area contributed by atoms with E-state index in [1.165, 1.54) is 0 Å². The average Bonchev–Trinajstić information content (AvgIpc) is 2.94. The van der Waals surface area contributed by atoms with Crippen LogP contribution < -0.4 is 5.73 Å². The summed E-state index contributed by atoms with van der Waals surface area (Å²) in [6.45, 7) is 1.34. The summed E-state index contributed by atoms with van der Waals surface area (Å²) < 4.78 is 5.25. The number of hydrogen-bond donors (Lipinski definition) is 2. The highest BCUT2D eigenvalue weighted by Gasteiger charge is 2.29. The molecule has 0 saturated carbocycles. The normalized spacial score (nSPS) is 19.3. The van der Waals surface area contributed by atoms with Gasteiger partial charge in [-0.2, -0.15) is 0 Å². The van der Waals surface area contributed by atoms with Crippen LogP contribution in [0, 0.1) is 5.92 Å². The molecule has 0 radical (unpaired) electrons. The smallest absolute Gasteiger partial charge is 0.410 e. The van der Waals surface area contributed by atoms with Crippen molar-refractivity contribution in [3.05, 3.63) is 35.9 Å². The second-order valence-electron chi connectivity index (χ2n) is 5.32. The fourth-order valence-corrected chi connectivity index (χ4v) is 2.46. The van der Waals surface area contributed by atoms with Gasteiger partial charge in [-0.15, -0.1) is 0 Å². The Morgan fingerprint density at radius 3 is 2.76 bits per heavy atom. The van der Waals surface area contributed by atoms with Crippen LogP contribution in [0.1, 0.15) is 18.4 Å². The second-order valence-corrected chi connectivity index (χ2v) is 5.32. The van der Waals surface area contributed by atoms with Gasteiger partial charge in [-0.05, 0) is 24.3 Å². The minimum Gasteiger partial charge on any atom is -0.480 e. The van der Waals surface area contributed by atoms with E-state index < -0.39 is 12.0 Å². The minimum atomic E-state index is -1.000. The summed E-state index contributed by atoms with van der Waals surface area (Å²) in [4.78, 5) is 24.3. The zero-order chi connectivity index (χ0) is 15.2. The second kappa shape index (κ2) is 7.08. The number of benzene rings is 1. The van der Waals surface area contributed by atoms with E-state index in [1.807, 2.05) is 30.3 Å². The van der Waals surface area contributed by atoms with Crippen molar-refractivity contribution in [2.24, 2.45) is 11.7 Å². The average molecular weight is 292 g/mol. The van der Waals surface area contributed by atoms with Crippen LogP contribution in [0.4, 0.5) is 4.79 Å². The maximum Gasteiger partial charge on any atom is 0.410 e. The van der Waals surface area contributed by atoms with Crippen molar-refractivity contribution in [3.8, 4) is 0 Å². The molecule has 1 amide bonds. The SMILES string of the molecule is N[C@@H](C[C@@H]1CCN(C(=O)OCc2ccccc2)C1)C(=O)O. The first-order chi connectivity index (χ1) is 10.1. The number of rotatable bonds is 5. The van der Waals surface area contributed by atoms with Crippen molar-refractivity contribution in [3.63, 3.8) is 0 Å². The van der Waals surface area contributed by atoms with Crippen LogP contribution in [0.15, 0.2) is 30.3 Å². The van der Waals surface area contributed by atoms with Crippen LogP contribution in [-0.4, -0.2) is 41.2 Å². The Bertz CT molecular complexity index is 492. The molecule has 1 aliphatic heterocycles. The van der Waals surface area contributed by atoms with Gasteiger partial charge in [-0.1, -0.05) is 30.3 Å². The molecule has 1 aromatic carbocycles. The van der Waals surface area contributed by atoms with Crippen LogP contribution in [0.5, 0.6) is 0 Å². The van der Waals surface area contributed by atoms with Crippen LogP contribution in [0.2, 0.25) is 0 Å². The third kappa shape index (κ3) is 4.46. The lowest BCUT2D eigenvalue weighted by atomic mass is 10.00. The molecular weight excluding hydrogens is 272 g/mol. The molecule has 6 nitrogen and oxygen atoms in total. The molecule has 6 heteroatoms. The molecule has 0 aromatic heterocycles. The third-order valence-corrected chi connectivity index (χ3v) is 3.65. The number of nitrogens with zero attached hydrogens (tertiary/aromatic N) is 1. The van der Waals surface area contributed by atoms with E-state index in [2.05, 4.69) is 0 Å². The fourth-order valence-electron chi connectivity index (χ4n) is 2.46. The molecule has 0 spiro atoms. The summed E-state index contributed by atoms with van der Waals surface area (Å²) in [7, 11) is 0. The van der Waals surface area contributed by atoms with Gasteiger partial charge in [0.15, 0.2) is 0 Å². The van der Waals surface area contributed by atoms with Crippen molar-refractivity contribution in [2.45, 2.75) is 25.5 Å². The fraction of sp³-hybridized carbons (Fsp3) is 0.467. The summed E-state index contributed by atoms with van der Waals surface area (Å²) in [5.41, 5.74) is 6.46. The number of hydrogen-bond acceptors (Lipinski definition) is 4. The van der Waals surface area contributed by atoms with Crippen molar-refractivity contribution >= 4 is 12.1 Å². The Kier molecular flexibility index (Phi) is 5.16. The zero-order valence-electron chi connectivity index (χ0n) is 11.8. The number of carboxylic acid groups (broad SMARTS) is 1. The molecule has 0 aliphatic carbocycles. The van der Waals surface area contributed by atoms with Gasteiger partial charge in [0.25, 0.3) is 0 Å². The standard InChI is InChI=1S/C15H20N2O4/c16-13(14(18)19)8-12-6-7-17(9-12)15(20)21-10-11-4-2-1-3-5-11/h1-5,12-13H,6-10,16H2,(H,18,19)/t12-,13-/m0/s1. The number of carbonyl (C=O) groups is 2. The monoisotopic (exact) mass is 292 g/mol. The highest BCUT2D eigenvalue weighted by Crippen LogP contribution is 2.21. The molecule has 2 atom stereocenters. The molecule has 0 bridgehead atoms. The Morgan fingerprint density at radius 2 is 2.10 bits per heavy atom. The number of carbonyl (C=O) groups excluding carboxylic acids is 1. The number of ether oxygens (including phenoxy) is 1. The molecular formula is C15H20N2O4. The first kappa shape index (κ1) is 15.3. The first-order valence-corrected chi connectivity index (χ1v) is 7.00. The van der Waals surface area contributed by atoms with Crippen LogP contribution in [-0.2, 0) is 16.1 Å². The van der Waals surface area contributed by atoms with Crippen LogP contribution in [0.25, 0.3) is 0 Å². The summed E-state index contributed by atoms with van der Waals surface area (Å²) in [5, 5.41) is 8.80. The summed E-state index contributed by atoms with van der Waals surface area (Å²) in [6.07, 6.45) is 0.796. The first-order valence-electron chi connectivity index (χ1n) is 7.00. The van der Waals surface area contributed by atoms with E-state index in [9.17, 15) is 9.59 Å². The van der Waals surface area contributed by atoms with E-state index in [0.29, 0.717) is 19.5 Å². The molecule has 2 rings (SSSR count).